The molecule has 1 aliphatic heterocycles. The number of urea groups is 1. The number of aliphatic hydroxyl groups excluding tert-OH is 1. The molecule has 2 atom stereocenters. The number of carbonyl (C=O) groups excluding carboxylic acids is 2. The molecule has 2 aliphatic rings. The number of hydrogen-bond donors (Lipinski definition) is 4. The molecular weight excluding hydrogens is 635 g/mol. The minimum Gasteiger partial charge on any atom is -0.507 e. The first kappa shape index (κ1) is 27.7. The third-order valence-electron chi connectivity index (χ3n) is 6.98. The van der Waals surface area contributed by atoms with Gasteiger partial charge in [0.1, 0.15) is 5.76 Å². The minimum atomic E-state index is -1.18. The second-order valence-electron chi connectivity index (χ2n) is 9.52. The van der Waals surface area contributed by atoms with Crippen molar-refractivity contribution in [1.82, 2.24) is 10.2 Å². The number of anilines is 1. The van der Waals surface area contributed by atoms with Crippen LogP contribution in [-0.2, 0) is 4.79 Å². The van der Waals surface area contributed by atoms with Crippen molar-refractivity contribution in [2.45, 2.75) is 6.04 Å². The van der Waals surface area contributed by atoms with Gasteiger partial charge in [0.05, 0.1) is 28.9 Å². The van der Waals surface area contributed by atoms with E-state index >= 15 is 0 Å². The van der Waals surface area contributed by atoms with Crippen LogP contribution in [0.1, 0.15) is 21.5 Å². The normalized spacial score (nSPS) is 17.6. The second kappa shape index (κ2) is 11.3. The smallest absolute Gasteiger partial charge is 0.339 e. The average Bonchev–Trinajstić information content (AvgIpc) is 3.20. The van der Waals surface area contributed by atoms with Gasteiger partial charge in [-0.15, -0.1) is 0 Å². The molecule has 1 aliphatic carbocycles. The van der Waals surface area contributed by atoms with Crippen LogP contribution in [0.5, 0.6) is 0 Å². The second-order valence-corrected chi connectivity index (χ2v) is 10.7. The maximum absolute atomic E-state index is 12.8. The van der Waals surface area contributed by atoms with Crippen molar-refractivity contribution in [3.63, 3.8) is 0 Å². The number of fused-ring (bicyclic) bond motifs is 1. The summed E-state index contributed by atoms with van der Waals surface area (Å²) in [5, 5.41) is 33.6. The van der Waals surface area contributed by atoms with Gasteiger partial charge >= 0.3 is 12.0 Å². The van der Waals surface area contributed by atoms with Crippen molar-refractivity contribution in [2.24, 2.45) is 5.92 Å². The highest BCUT2D eigenvalue weighted by Crippen LogP contribution is 2.46. The van der Waals surface area contributed by atoms with E-state index in [2.05, 4.69) is 39.3 Å². The van der Waals surface area contributed by atoms with Gasteiger partial charge in [0.15, 0.2) is 0 Å². The van der Waals surface area contributed by atoms with Crippen molar-refractivity contribution < 1.29 is 24.6 Å². The molecule has 2 unspecified atom stereocenters. The molecule has 41 heavy (non-hydrogen) atoms. The van der Waals surface area contributed by atoms with E-state index in [9.17, 15) is 24.6 Å². The number of aliphatic carboxylic acids is 1. The third-order valence-corrected chi connectivity index (χ3v) is 8.21. The summed E-state index contributed by atoms with van der Waals surface area (Å²) in [6, 6.07) is 22.1. The van der Waals surface area contributed by atoms with Crippen molar-refractivity contribution in [3.05, 3.63) is 117 Å². The zero-order valence-electron chi connectivity index (χ0n) is 21.6. The third kappa shape index (κ3) is 5.57. The van der Waals surface area contributed by atoms with E-state index < -0.39 is 17.9 Å². The lowest BCUT2D eigenvalue weighted by molar-refractivity contribution is -0.132. The molecule has 0 aromatic heterocycles. The molecule has 5 rings (SSSR count). The lowest BCUT2D eigenvalue weighted by Crippen LogP contribution is -2.34. The summed E-state index contributed by atoms with van der Waals surface area (Å²) < 4.78 is 0.914. The zero-order valence-corrected chi connectivity index (χ0v) is 23.8. The topological polar surface area (TPSA) is 143 Å². The monoisotopic (exact) mass is 658 g/mol. The number of carboxylic acid groups (broad SMARTS) is 1. The molecule has 0 fully saturated rings. The Kier molecular flexibility index (Phi) is 7.63. The maximum Gasteiger partial charge on any atom is 0.339 e. The van der Waals surface area contributed by atoms with Gasteiger partial charge in [0.25, 0.3) is 5.91 Å². The standard InChI is InChI=1S/C31H23IN4O5/c1-36-25-15-26(37)24(30(39)40)14-23(25)27(32)28(36)19-9-11-20(12-10-19)29(38)35-31(41)34-22-4-2-3-21(13-22)18-7-5-17(16-33)6-8-18/h2-15,23,25,37H,1H3,(H,39,40)(H2,34,35,38,41). The van der Waals surface area contributed by atoms with E-state index in [1.165, 1.54) is 0 Å². The fourth-order valence-electron chi connectivity index (χ4n) is 4.92. The molecular formula is C31H23IN4O5. The number of rotatable bonds is 5. The molecule has 1 heterocycles. The lowest BCUT2D eigenvalue weighted by Gasteiger charge is -2.28. The molecule has 204 valence electrons. The number of carboxylic acids is 1. The summed E-state index contributed by atoms with van der Waals surface area (Å²) >= 11 is 2.19. The Balaban J connectivity index is 1.26. The first-order valence-electron chi connectivity index (χ1n) is 12.5. The van der Waals surface area contributed by atoms with Gasteiger partial charge in [-0.05, 0) is 81.8 Å². The summed E-state index contributed by atoms with van der Waals surface area (Å²) in [6.45, 7) is 0. The minimum absolute atomic E-state index is 0.124. The number of nitriles is 1. The Labute approximate surface area is 249 Å². The summed E-state index contributed by atoms with van der Waals surface area (Å²) in [6.07, 6.45) is 3.11. The van der Waals surface area contributed by atoms with E-state index in [-0.39, 0.29) is 28.9 Å². The zero-order chi connectivity index (χ0) is 29.3. The number of nitrogens with zero attached hydrogens (tertiary/aromatic N) is 2. The highest BCUT2D eigenvalue weighted by Gasteiger charge is 2.40. The molecule has 0 spiro atoms. The summed E-state index contributed by atoms with van der Waals surface area (Å²) in [4.78, 5) is 38.8. The van der Waals surface area contributed by atoms with Crippen LogP contribution >= 0.6 is 22.6 Å². The number of amides is 3. The van der Waals surface area contributed by atoms with Gasteiger partial charge in [0, 0.05) is 27.8 Å². The van der Waals surface area contributed by atoms with Gasteiger partial charge in [-0.2, -0.15) is 5.26 Å². The average molecular weight is 658 g/mol. The van der Waals surface area contributed by atoms with Crippen LogP contribution in [0, 0.1) is 17.2 Å². The largest absolute Gasteiger partial charge is 0.507 e. The maximum atomic E-state index is 12.8. The predicted molar refractivity (Wildman–Crippen MR) is 162 cm³/mol. The van der Waals surface area contributed by atoms with Crippen LogP contribution < -0.4 is 10.6 Å². The van der Waals surface area contributed by atoms with Gasteiger partial charge in [0.2, 0.25) is 0 Å². The van der Waals surface area contributed by atoms with Crippen molar-refractivity contribution in [3.8, 4) is 17.2 Å². The fraction of sp³-hybridized carbons (Fsp3) is 0.0968. The van der Waals surface area contributed by atoms with Gasteiger partial charge < -0.3 is 20.4 Å². The van der Waals surface area contributed by atoms with Gasteiger partial charge in [-0.3, -0.25) is 10.1 Å². The fourth-order valence-corrected chi connectivity index (χ4v) is 6.16. The number of aliphatic hydroxyl groups is 1. The van der Waals surface area contributed by atoms with Gasteiger partial charge in [-0.1, -0.05) is 42.5 Å². The van der Waals surface area contributed by atoms with Crippen molar-refractivity contribution in [2.75, 3.05) is 12.4 Å². The van der Waals surface area contributed by atoms with Crippen molar-refractivity contribution in [1.29, 1.82) is 5.26 Å². The summed E-state index contributed by atoms with van der Waals surface area (Å²) in [5.74, 6) is -2.24. The highest BCUT2D eigenvalue weighted by atomic mass is 127. The van der Waals surface area contributed by atoms with Crippen LogP contribution in [0.15, 0.2) is 99.9 Å². The number of benzene rings is 3. The van der Waals surface area contributed by atoms with E-state index in [1.807, 2.05) is 30.1 Å². The molecule has 9 nitrogen and oxygen atoms in total. The molecule has 10 heteroatoms. The van der Waals surface area contributed by atoms with E-state index in [0.717, 1.165) is 26.0 Å². The summed E-state index contributed by atoms with van der Waals surface area (Å²) in [5.41, 5.74) is 4.61. The van der Waals surface area contributed by atoms with Crippen LogP contribution in [-0.4, -0.2) is 46.1 Å². The first-order valence-corrected chi connectivity index (χ1v) is 13.6. The van der Waals surface area contributed by atoms with Crippen LogP contribution in [0.2, 0.25) is 0 Å². The molecule has 0 radical (unpaired) electrons. The molecule has 3 aromatic carbocycles. The van der Waals surface area contributed by atoms with Crippen LogP contribution in [0.3, 0.4) is 0 Å². The number of carbonyl (C=O) groups is 3. The predicted octanol–water partition coefficient (Wildman–Crippen LogP) is 5.69. The molecule has 4 N–H and O–H groups in total. The Bertz CT molecular complexity index is 1700. The summed E-state index contributed by atoms with van der Waals surface area (Å²) in [7, 11) is 1.86. The quantitative estimate of drug-likeness (QED) is 0.258. The lowest BCUT2D eigenvalue weighted by atomic mass is 9.91. The van der Waals surface area contributed by atoms with E-state index in [4.69, 9.17) is 5.26 Å². The Morgan fingerprint density at radius 2 is 1.63 bits per heavy atom. The van der Waals surface area contributed by atoms with Crippen molar-refractivity contribution >= 4 is 51.9 Å². The number of hydrogen-bond acceptors (Lipinski definition) is 6. The number of nitrogens with one attached hydrogen (secondary N) is 2. The molecule has 3 aromatic rings. The number of likely N-dealkylation sites (N-methyl/N-ethyl adjacent to an activating group) is 1. The molecule has 0 saturated carbocycles. The molecule has 0 bridgehead atoms. The Morgan fingerprint density at radius 1 is 0.951 bits per heavy atom. The highest BCUT2D eigenvalue weighted by molar-refractivity contribution is 14.1. The van der Waals surface area contributed by atoms with E-state index in [1.54, 1.807) is 66.7 Å². The Morgan fingerprint density at radius 3 is 2.29 bits per heavy atom. The van der Waals surface area contributed by atoms with Gasteiger partial charge in [-0.25, -0.2) is 9.59 Å². The number of halogens is 1. The SMILES string of the molecule is CN1C(c2ccc(C(=O)NC(=O)Nc3cccc(-c4ccc(C#N)cc4)c3)cc2)=C(I)C2C=C(C(=O)O)C(O)=CC21. The van der Waals surface area contributed by atoms with Crippen LogP contribution in [0.4, 0.5) is 10.5 Å². The molecule has 3 amide bonds. The van der Waals surface area contributed by atoms with E-state index in [0.29, 0.717) is 11.3 Å². The molecule has 0 saturated heterocycles. The Hall–Kier alpha value is -4.89. The number of imide groups is 1. The first-order chi connectivity index (χ1) is 19.7. The van der Waals surface area contributed by atoms with Crippen LogP contribution in [0.25, 0.3) is 16.8 Å².